The first-order valence-corrected chi connectivity index (χ1v) is 6.42. The minimum Gasteiger partial charge on any atom is -0.435 e. The van der Waals surface area contributed by atoms with Gasteiger partial charge in [0, 0.05) is 0 Å². The Hall–Kier alpha value is -1.94. The molecule has 0 heterocycles. The van der Waals surface area contributed by atoms with E-state index in [2.05, 4.69) is 4.74 Å². The van der Waals surface area contributed by atoms with Gasteiger partial charge in [-0.3, -0.25) is 0 Å². The lowest BCUT2D eigenvalue weighted by molar-refractivity contribution is -0.0498. The van der Waals surface area contributed by atoms with E-state index in [4.69, 9.17) is 0 Å². The highest BCUT2D eigenvalue weighted by atomic mass is 19.3. The SMILES string of the molecule is CCc1cccc(C(O)c2ccc(OC(F)F)cc2)c1. The van der Waals surface area contributed by atoms with Crippen LogP contribution in [0.25, 0.3) is 0 Å². The van der Waals surface area contributed by atoms with Crippen molar-refractivity contribution in [3.05, 3.63) is 65.2 Å². The van der Waals surface area contributed by atoms with E-state index in [0.717, 1.165) is 17.5 Å². The summed E-state index contributed by atoms with van der Waals surface area (Å²) in [5.41, 5.74) is 2.56. The molecule has 2 rings (SSSR count). The fourth-order valence-electron chi connectivity index (χ4n) is 2.01. The molecule has 2 aromatic carbocycles. The Morgan fingerprint density at radius 1 is 1.05 bits per heavy atom. The monoisotopic (exact) mass is 278 g/mol. The maximum Gasteiger partial charge on any atom is 0.387 e. The Kier molecular flexibility index (Phi) is 4.69. The molecule has 0 saturated heterocycles. The van der Waals surface area contributed by atoms with Gasteiger partial charge in [0.2, 0.25) is 0 Å². The molecule has 2 aromatic rings. The number of ether oxygens (including phenoxy) is 1. The molecule has 0 bridgehead atoms. The van der Waals surface area contributed by atoms with Crippen molar-refractivity contribution in [2.45, 2.75) is 26.1 Å². The fraction of sp³-hybridized carbons (Fsp3) is 0.250. The summed E-state index contributed by atoms with van der Waals surface area (Å²) in [5, 5.41) is 10.3. The third-order valence-corrected chi connectivity index (χ3v) is 3.10. The first kappa shape index (κ1) is 14.5. The maximum atomic E-state index is 12.1. The Labute approximate surface area is 116 Å². The summed E-state index contributed by atoms with van der Waals surface area (Å²) < 4.78 is 28.4. The Bertz CT molecular complexity index is 553. The van der Waals surface area contributed by atoms with Gasteiger partial charge in [-0.2, -0.15) is 8.78 Å². The van der Waals surface area contributed by atoms with Crippen molar-refractivity contribution in [1.82, 2.24) is 0 Å². The van der Waals surface area contributed by atoms with Crippen LogP contribution in [0.4, 0.5) is 8.78 Å². The van der Waals surface area contributed by atoms with Gasteiger partial charge in [0.15, 0.2) is 0 Å². The summed E-state index contributed by atoms with van der Waals surface area (Å²) in [6.07, 6.45) is 0.115. The van der Waals surface area contributed by atoms with E-state index in [0.29, 0.717) is 5.56 Å². The second kappa shape index (κ2) is 6.48. The highest BCUT2D eigenvalue weighted by Crippen LogP contribution is 2.25. The van der Waals surface area contributed by atoms with E-state index in [-0.39, 0.29) is 5.75 Å². The molecule has 0 aliphatic rings. The maximum absolute atomic E-state index is 12.1. The van der Waals surface area contributed by atoms with E-state index in [9.17, 15) is 13.9 Å². The summed E-state index contributed by atoms with van der Waals surface area (Å²) in [5.74, 6) is 0.0817. The van der Waals surface area contributed by atoms with Gasteiger partial charge in [0.05, 0.1) is 0 Å². The molecular weight excluding hydrogens is 262 g/mol. The van der Waals surface area contributed by atoms with Gasteiger partial charge < -0.3 is 9.84 Å². The largest absolute Gasteiger partial charge is 0.435 e. The van der Waals surface area contributed by atoms with Crippen LogP contribution in [-0.2, 0) is 6.42 Å². The molecule has 0 aromatic heterocycles. The van der Waals surface area contributed by atoms with E-state index in [1.54, 1.807) is 12.1 Å². The molecule has 2 nitrogen and oxygen atoms in total. The molecule has 106 valence electrons. The second-order valence-electron chi connectivity index (χ2n) is 4.45. The zero-order chi connectivity index (χ0) is 14.5. The van der Waals surface area contributed by atoms with Crippen molar-refractivity contribution >= 4 is 0 Å². The van der Waals surface area contributed by atoms with Crippen molar-refractivity contribution < 1.29 is 18.6 Å². The van der Waals surface area contributed by atoms with Crippen molar-refractivity contribution in [3.63, 3.8) is 0 Å². The second-order valence-corrected chi connectivity index (χ2v) is 4.45. The highest BCUT2D eigenvalue weighted by molar-refractivity contribution is 5.35. The van der Waals surface area contributed by atoms with Crippen LogP contribution in [0.5, 0.6) is 5.75 Å². The minimum absolute atomic E-state index is 0.0817. The topological polar surface area (TPSA) is 29.5 Å². The quantitative estimate of drug-likeness (QED) is 0.898. The summed E-state index contributed by atoms with van der Waals surface area (Å²) in [6.45, 7) is -0.797. The molecule has 0 aliphatic carbocycles. The van der Waals surface area contributed by atoms with Crippen LogP contribution in [0.3, 0.4) is 0 Å². The molecule has 0 fully saturated rings. The van der Waals surface area contributed by atoms with E-state index in [1.165, 1.54) is 12.1 Å². The van der Waals surface area contributed by atoms with E-state index in [1.807, 2.05) is 31.2 Å². The highest BCUT2D eigenvalue weighted by Gasteiger charge is 2.11. The van der Waals surface area contributed by atoms with Gasteiger partial charge in [-0.1, -0.05) is 43.3 Å². The predicted octanol–water partition coefficient (Wildman–Crippen LogP) is 3.93. The zero-order valence-corrected chi connectivity index (χ0v) is 11.1. The number of hydrogen-bond acceptors (Lipinski definition) is 2. The number of aryl methyl sites for hydroxylation is 1. The lowest BCUT2D eigenvalue weighted by Crippen LogP contribution is -2.03. The average molecular weight is 278 g/mol. The molecule has 1 N–H and O–H groups in total. The lowest BCUT2D eigenvalue weighted by Gasteiger charge is -2.13. The number of benzene rings is 2. The Morgan fingerprint density at radius 3 is 2.35 bits per heavy atom. The average Bonchev–Trinajstić information content (AvgIpc) is 2.47. The molecule has 0 saturated carbocycles. The van der Waals surface area contributed by atoms with Crippen molar-refractivity contribution in [2.75, 3.05) is 0 Å². The van der Waals surface area contributed by atoms with Crippen LogP contribution in [0, 0.1) is 0 Å². The fourth-order valence-corrected chi connectivity index (χ4v) is 2.01. The van der Waals surface area contributed by atoms with Crippen LogP contribution < -0.4 is 4.74 Å². The lowest BCUT2D eigenvalue weighted by atomic mass is 9.99. The summed E-state index contributed by atoms with van der Waals surface area (Å²) >= 11 is 0. The third kappa shape index (κ3) is 3.54. The van der Waals surface area contributed by atoms with Gasteiger partial charge >= 0.3 is 6.61 Å². The number of aliphatic hydroxyl groups is 1. The Balaban J connectivity index is 2.17. The third-order valence-electron chi connectivity index (χ3n) is 3.10. The number of rotatable bonds is 5. The van der Waals surface area contributed by atoms with Gasteiger partial charge in [-0.25, -0.2) is 0 Å². The normalized spacial score (nSPS) is 12.4. The predicted molar refractivity (Wildman–Crippen MR) is 73.0 cm³/mol. The van der Waals surface area contributed by atoms with Crippen molar-refractivity contribution in [2.24, 2.45) is 0 Å². The first-order chi connectivity index (χ1) is 9.60. The Morgan fingerprint density at radius 2 is 1.75 bits per heavy atom. The van der Waals surface area contributed by atoms with Gasteiger partial charge in [-0.15, -0.1) is 0 Å². The summed E-state index contributed by atoms with van der Waals surface area (Å²) in [7, 11) is 0. The number of alkyl halides is 2. The molecule has 1 unspecified atom stereocenters. The van der Waals surface area contributed by atoms with Crippen LogP contribution >= 0.6 is 0 Å². The van der Waals surface area contributed by atoms with E-state index < -0.39 is 12.7 Å². The number of halogens is 2. The van der Waals surface area contributed by atoms with Gasteiger partial charge in [0.25, 0.3) is 0 Å². The van der Waals surface area contributed by atoms with Crippen LogP contribution in [0.1, 0.15) is 29.7 Å². The van der Waals surface area contributed by atoms with Crippen molar-refractivity contribution in [3.8, 4) is 5.75 Å². The van der Waals surface area contributed by atoms with Crippen LogP contribution in [0.15, 0.2) is 48.5 Å². The standard InChI is InChI=1S/C16H16F2O2/c1-2-11-4-3-5-13(10-11)15(19)12-6-8-14(9-7-12)20-16(17)18/h3-10,15-16,19H,2H2,1H3. The molecule has 0 spiro atoms. The zero-order valence-electron chi connectivity index (χ0n) is 11.1. The van der Waals surface area contributed by atoms with Crippen molar-refractivity contribution in [1.29, 1.82) is 0 Å². The molecule has 20 heavy (non-hydrogen) atoms. The molecule has 0 radical (unpaired) electrons. The number of hydrogen-bond donors (Lipinski definition) is 1. The van der Waals surface area contributed by atoms with Gasteiger partial charge in [0.1, 0.15) is 11.9 Å². The first-order valence-electron chi connectivity index (χ1n) is 6.42. The van der Waals surface area contributed by atoms with E-state index >= 15 is 0 Å². The van der Waals surface area contributed by atoms with Crippen LogP contribution in [0.2, 0.25) is 0 Å². The summed E-state index contributed by atoms with van der Waals surface area (Å²) in [6, 6.07) is 13.7. The smallest absolute Gasteiger partial charge is 0.387 e. The summed E-state index contributed by atoms with van der Waals surface area (Å²) in [4.78, 5) is 0. The number of aliphatic hydroxyl groups excluding tert-OH is 1. The van der Waals surface area contributed by atoms with Gasteiger partial charge in [-0.05, 0) is 35.2 Å². The molecule has 0 aliphatic heterocycles. The minimum atomic E-state index is -2.84. The molecule has 4 heteroatoms. The molecule has 1 atom stereocenters. The molecular formula is C16H16F2O2. The van der Waals surface area contributed by atoms with Crippen LogP contribution in [-0.4, -0.2) is 11.7 Å². The molecule has 0 amide bonds.